The highest BCUT2D eigenvalue weighted by Gasteiger charge is 2.39. The summed E-state index contributed by atoms with van der Waals surface area (Å²) in [6.45, 7) is 2.61. The number of halogens is 1. The average Bonchev–Trinajstić information content (AvgIpc) is 2.26. The molecule has 0 unspecified atom stereocenters. The van der Waals surface area contributed by atoms with Gasteiger partial charge in [0.15, 0.2) is 0 Å². The van der Waals surface area contributed by atoms with Crippen LogP contribution in [0.4, 0.5) is 4.39 Å². The van der Waals surface area contributed by atoms with Gasteiger partial charge in [0.05, 0.1) is 6.10 Å². The van der Waals surface area contributed by atoms with Gasteiger partial charge >= 0.3 is 0 Å². The lowest BCUT2D eigenvalue weighted by Gasteiger charge is -2.37. The number of aliphatic hydroxyl groups is 2. The van der Waals surface area contributed by atoms with Gasteiger partial charge in [-0.2, -0.15) is 0 Å². The molecule has 1 aromatic rings. The topological polar surface area (TPSA) is 52.5 Å². The van der Waals surface area contributed by atoms with Crippen molar-refractivity contribution in [1.82, 2.24) is 5.32 Å². The minimum Gasteiger partial charge on any atom is -0.388 e. The molecule has 1 saturated heterocycles. The van der Waals surface area contributed by atoms with Crippen LogP contribution in [0.3, 0.4) is 0 Å². The van der Waals surface area contributed by atoms with Crippen molar-refractivity contribution in [2.75, 3.05) is 13.1 Å². The zero-order valence-corrected chi connectivity index (χ0v) is 9.20. The Morgan fingerprint density at radius 2 is 2.25 bits per heavy atom. The van der Waals surface area contributed by atoms with E-state index in [1.165, 1.54) is 6.07 Å². The SMILES string of the molecule is Cc1ccc([C@@]2(O)CCNC[C@@H]2O)cc1F. The smallest absolute Gasteiger partial charge is 0.126 e. The number of aryl methyl sites for hydroxylation is 1. The van der Waals surface area contributed by atoms with Crippen LogP contribution in [0.5, 0.6) is 0 Å². The molecule has 1 heterocycles. The maximum absolute atomic E-state index is 13.4. The highest BCUT2D eigenvalue weighted by Crippen LogP contribution is 2.31. The number of aliphatic hydroxyl groups excluding tert-OH is 1. The molecule has 2 atom stereocenters. The van der Waals surface area contributed by atoms with E-state index in [1.54, 1.807) is 19.1 Å². The molecular formula is C12H16FNO2. The summed E-state index contributed by atoms with van der Waals surface area (Å²) in [5.74, 6) is -0.350. The van der Waals surface area contributed by atoms with Gasteiger partial charge in [-0.3, -0.25) is 0 Å². The lowest BCUT2D eigenvalue weighted by molar-refractivity contribution is -0.0978. The van der Waals surface area contributed by atoms with E-state index >= 15 is 0 Å². The third-order valence-corrected chi connectivity index (χ3v) is 3.24. The van der Waals surface area contributed by atoms with Gasteiger partial charge in [-0.1, -0.05) is 12.1 Å². The number of rotatable bonds is 1. The van der Waals surface area contributed by atoms with Crippen molar-refractivity contribution in [2.24, 2.45) is 0 Å². The number of piperidine rings is 1. The normalized spacial score (nSPS) is 30.4. The van der Waals surface area contributed by atoms with E-state index in [-0.39, 0.29) is 5.82 Å². The minimum atomic E-state index is -1.33. The predicted molar refractivity (Wildman–Crippen MR) is 58.5 cm³/mol. The molecule has 1 aliphatic rings. The largest absolute Gasteiger partial charge is 0.388 e. The zero-order valence-electron chi connectivity index (χ0n) is 9.20. The van der Waals surface area contributed by atoms with E-state index in [9.17, 15) is 14.6 Å². The van der Waals surface area contributed by atoms with E-state index < -0.39 is 11.7 Å². The second-order valence-electron chi connectivity index (χ2n) is 4.36. The first-order valence-electron chi connectivity index (χ1n) is 5.42. The first-order valence-corrected chi connectivity index (χ1v) is 5.42. The molecule has 3 N–H and O–H groups in total. The summed E-state index contributed by atoms with van der Waals surface area (Å²) in [5.41, 5.74) is -0.347. The summed E-state index contributed by atoms with van der Waals surface area (Å²) in [6, 6.07) is 4.61. The number of benzene rings is 1. The first-order chi connectivity index (χ1) is 7.54. The van der Waals surface area contributed by atoms with Gasteiger partial charge in [-0.05, 0) is 37.1 Å². The van der Waals surface area contributed by atoms with Gasteiger partial charge in [-0.15, -0.1) is 0 Å². The summed E-state index contributed by atoms with van der Waals surface area (Å²) in [4.78, 5) is 0. The predicted octanol–water partition coefficient (Wildman–Crippen LogP) is 0.676. The summed E-state index contributed by atoms with van der Waals surface area (Å²) in [5, 5.41) is 23.2. The molecule has 1 aliphatic heterocycles. The fraction of sp³-hybridized carbons (Fsp3) is 0.500. The molecule has 0 saturated carbocycles. The van der Waals surface area contributed by atoms with Crippen molar-refractivity contribution >= 4 is 0 Å². The number of nitrogens with one attached hydrogen (secondary N) is 1. The van der Waals surface area contributed by atoms with Gasteiger partial charge in [0.2, 0.25) is 0 Å². The Kier molecular flexibility index (Phi) is 2.97. The summed E-state index contributed by atoms with van der Waals surface area (Å²) in [7, 11) is 0. The van der Waals surface area contributed by atoms with E-state index in [4.69, 9.17) is 0 Å². The van der Waals surface area contributed by atoms with Crippen molar-refractivity contribution in [2.45, 2.75) is 25.0 Å². The second-order valence-corrected chi connectivity index (χ2v) is 4.36. The molecule has 1 aromatic carbocycles. The van der Waals surface area contributed by atoms with E-state index in [1.807, 2.05) is 0 Å². The van der Waals surface area contributed by atoms with Crippen LogP contribution in [0.25, 0.3) is 0 Å². The maximum atomic E-state index is 13.4. The van der Waals surface area contributed by atoms with Gasteiger partial charge in [0, 0.05) is 6.54 Å². The number of β-amino-alcohol motifs (C(OH)–C–C–N with tert-alkyl or cyclic N) is 1. The van der Waals surface area contributed by atoms with Crippen LogP contribution >= 0.6 is 0 Å². The van der Waals surface area contributed by atoms with Gasteiger partial charge in [0.25, 0.3) is 0 Å². The van der Waals surface area contributed by atoms with Gasteiger partial charge in [0.1, 0.15) is 11.4 Å². The lowest BCUT2D eigenvalue weighted by Crippen LogP contribution is -2.51. The molecule has 0 radical (unpaired) electrons. The molecule has 1 fully saturated rings. The molecule has 3 nitrogen and oxygen atoms in total. The third-order valence-electron chi connectivity index (χ3n) is 3.24. The van der Waals surface area contributed by atoms with Crippen LogP contribution in [-0.2, 0) is 5.60 Å². The molecule has 0 aliphatic carbocycles. The number of hydrogen-bond acceptors (Lipinski definition) is 3. The maximum Gasteiger partial charge on any atom is 0.126 e. The van der Waals surface area contributed by atoms with Crippen molar-refractivity contribution in [3.8, 4) is 0 Å². The van der Waals surface area contributed by atoms with Gasteiger partial charge < -0.3 is 15.5 Å². The fourth-order valence-corrected chi connectivity index (χ4v) is 2.05. The van der Waals surface area contributed by atoms with Crippen molar-refractivity contribution < 1.29 is 14.6 Å². The van der Waals surface area contributed by atoms with Crippen LogP contribution in [0, 0.1) is 12.7 Å². The van der Waals surface area contributed by atoms with Crippen LogP contribution in [0.2, 0.25) is 0 Å². The number of hydrogen-bond donors (Lipinski definition) is 3. The van der Waals surface area contributed by atoms with Crippen LogP contribution in [0.1, 0.15) is 17.5 Å². The summed E-state index contributed by atoms with van der Waals surface area (Å²) < 4.78 is 13.4. The molecule has 88 valence electrons. The van der Waals surface area contributed by atoms with Gasteiger partial charge in [-0.25, -0.2) is 4.39 Å². The Balaban J connectivity index is 2.37. The Hall–Kier alpha value is -0.970. The molecule has 0 bridgehead atoms. The molecule has 16 heavy (non-hydrogen) atoms. The highest BCUT2D eigenvalue weighted by molar-refractivity contribution is 5.29. The molecule has 0 amide bonds. The average molecular weight is 225 g/mol. The standard InChI is InChI=1S/C12H16FNO2/c1-8-2-3-9(6-10(8)13)12(16)4-5-14-7-11(12)15/h2-3,6,11,14-16H,4-5,7H2,1H3/t11-,12-/m0/s1. The van der Waals surface area contributed by atoms with Crippen molar-refractivity contribution in [3.63, 3.8) is 0 Å². The first kappa shape index (κ1) is 11.5. The molecule has 0 aromatic heterocycles. The fourth-order valence-electron chi connectivity index (χ4n) is 2.05. The monoisotopic (exact) mass is 225 g/mol. The Morgan fingerprint density at radius 3 is 2.88 bits per heavy atom. The molecule has 4 heteroatoms. The van der Waals surface area contributed by atoms with Crippen LogP contribution in [-0.4, -0.2) is 29.4 Å². The zero-order chi connectivity index (χ0) is 11.8. The Bertz CT molecular complexity index is 397. The van der Waals surface area contributed by atoms with E-state index in [0.717, 1.165) is 0 Å². The Morgan fingerprint density at radius 1 is 1.50 bits per heavy atom. The minimum absolute atomic E-state index is 0.325. The Labute approximate surface area is 93.9 Å². The molecule has 2 rings (SSSR count). The quantitative estimate of drug-likeness (QED) is 0.658. The summed E-state index contributed by atoms with van der Waals surface area (Å²) in [6.07, 6.45) is -0.514. The molecule has 0 spiro atoms. The van der Waals surface area contributed by atoms with Crippen molar-refractivity contribution in [3.05, 3.63) is 35.1 Å². The van der Waals surface area contributed by atoms with E-state index in [0.29, 0.717) is 30.6 Å². The van der Waals surface area contributed by atoms with Crippen LogP contribution in [0.15, 0.2) is 18.2 Å². The van der Waals surface area contributed by atoms with E-state index in [2.05, 4.69) is 5.32 Å². The van der Waals surface area contributed by atoms with Crippen LogP contribution < -0.4 is 5.32 Å². The summed E-state index contributed by atoms with van der Waals surface area (Å²) >= 11 is 0. The molecular weight excluding hydrogens is 209 g/mol. The lowest BCUT2D eigenvalue weighted by atomic mass is 9.82. The third kappa shape index (κ3) is 1.84. The highest BCUT2D eigenvalue weighted by atomic mass is 19.1. The van der Waals surface area contributed by atoms with Crippen molar-refractivity contribution in [1.29, 1.82) is 0 Å². The second kappa shape index (κ2) is 4.13.